The van der Waals surface area contributed by atoms with Crippen LogP contribution in [0, 0.1) is 17.2 Å². The van der Waals surface area contributed by atoms with Crippen molar-refractivity contribution in [2.75, 3.05) is 20.7 Å². The summed E-state index contributed by atoms with van der Waals surface area (Å²) >= 11 is 0. The first-order valence-electron chi connectivity index (χ1n) is 7.38. The summed E-state index contributed by atoms with van der Waals surface area (Å²) in [6.07, 6.45) is 1.60. The van der Waals surface area contributed by atoms with E-state index < -0.39 is 0 Å². The van der Waals surface area contributed by atoms with Crippen LogP contribution in [0.25, 0.3) is 0 Å². The second kappa shape index (κ2) is 5.85. The molecule has 1 heterocycles. The molecule has 1 aliphatic heterocycles. The van der Waals surface area contributed by atoms with Crippen molar-refractivity contribution in [1.82, 2.24) is 0 Å². The summed E-state index contributed by atoms with van der Waals surface area (Å²) < 4.78 is 5.56. The molecule has 2 rings (SSSR count). The van der Waals surface area contributed by atoms with Gasteiger partial charge in [-0.3, -0.25) is 0 Å². The number of hydrogen-bond acceptors (Lipinski definition) is 2. The van der Waals surface area contributed by atoms with Crippen molar-refractivity contribution in [2.45, 2.75) is 38.1 Å². The fourth-order valence-electron chi connectivity index (χ4n) is 3.72. The summed E-state index contributed by atoms with van der Waals surface area (Å²) in [5.41, 5.74) is 1.12. The van der Waals surface area contributed by atoms with Crippen molar-refractivity contribution in [3.63, 3.8) is 0 Å². The van der Waals surface area contributed by atoms with Crippen molar-refractivity contribution in [3.8, 4) is 11.8 Å². The molecule has 108 valence electrons. The largest absolute Gasteiger partial charge is 0.496 e. The third kappa shape index (κ3) is 2.41. The van der Waals surface area contributed by atoms with Crippen LogP contribution in [0.2, 0.25) is 0 Å². The van der Waals surface area contributed by atoms with E-state index in [1.54, 1.807) is 12.0 Å². The second-order valence-corrected chi connectivity index (χ2v) is 6.25. The Balaban J connectivity index is 2.52. The number of nitrogens with zero attached hydrogens (tertiary/aromatic N) is 1. The highest BCUT2D eigenvalue weighted by Gasteiger charge is 2.47. The van der Waals surface area contributed by atoms with Crippen molar-refractivity contribution in [1.29, 1.82) is 5.26 Å². The predicted molar refractivity (Wildman–Crippen MR) is 79.9 cm³/mol. The number of nitrogens with one attached hydrogen (secondary N) is 1. The van der Waals surface area contributed by atoms with Gasteiger partial charge in [0.2, 0.25) is 0 Å². The first kappa shape index (κ1) is 14.9. The monoisotopic (exact) mass is 273 g/mol. The molecule has 1 saturated heterocycles. The zero-order valence-corrected chi connectivity index (χ0v) is 12.9. The summed E-state index contributed by atoms with van der Waals surface area (Å²) in [6, 6.07) is 11.2. The molecule has 20 heavy (non-hydrogen) atoms. The Labute approximate surface area is 122 Å². The Kier molecular flexibility index (Phi) is 4.35. The molecule has 0 saturated carbocycles. The van der Waals surface area contributed by atoms with Gasteiger partial charge in [-0.1, -0.05) is 25.1 Å². The molecular weight excluding hydrogens is 248 g/mol. The number of rotatable bonds is 3. The number of hydrogen-bond donors (Lipinski definition) is 1. The van der Waals surface area contributed by atoms with E-state index in [9.17, 15) is 5.26 Å². The molecule has 3 heteroatoms. The Morgan fingerprint density at radius 2 is 2.10 bits per heavy atom. The standard InChI is InChI=1S/C17H24N2O/c1-13-12-19(3)14(2)11-17(13,9-10-18)15-7-5-6-8-16(15)20-4/h5-8,13-14H,9,11-12H2,1-4H3/p+1/t13-,14-,17-/m1/s1. The van der Waals surface area contributed by atoms with Gasteiger partial charge in [0.1, 0.15) is 5.75 Å². The fraction of sp³-hybridized carbons (Fsp3) is 0.588. The average molecular weight is 273 g/mol. The smallest absolute Gasteiger partial charge is 0.122 e. The van der Waals surface area contributed by atoms with E-state index in [4.69, 9.17) is 4.74 Å². The molecule has 0 aliphatic carbocycles. The van der Waals surface area contributed by atoms with Gasteiger partial charge in [0.15, 0.2) is 0 Å². The lowest BCUT2D eigenvalue weighted by Crippen LogP contribution is -3.15. The summed E-state index contributed by atoms with van der Waals surface area (Å²) in [6.45, 7) is 5.66. The van der Waals surface area contributed by atoms with Gasteiger partial charge in [-0.05, 0) is 13.0 Å². The van der Waals surface area contributed by atoms with Crippen molar-refractivity contribution in [3.05, 3.63) is 29.8 Å². The fourth-order valence-corrected chi connectivity index (χ4v) is 3.72. The predicted octanol–water partition coefficient (Wildman–Crippen LogP) is 1.79. The lowest BCUT2D eigenvalue weighted by molar-refractivity contribution is -0.915. The van der Waals surface area contributed by atoms with Crippen LogP contribution >= 0.6 is 0 Å². The SMILES string of the molecule is COc1ccccc1[C@]1(CC#N)C[C@@H](C)[NH+](C)C[C@H]1C. The van der Waals surface area contributed by atoms with Crippen LogP contribution in [-0.2, 0) is 5.41 Å². The summed E-state index contributed by atoms with van der Waals surface area (Å²) in [5.74, 6) is 1.39. The lowest BCUT2D eigenvalue weighted by atomic mass is 9.63. The minimum atomic E-state index is -0.0831. The number of nitriles is 1. The highest BCUT2D eigenvalue weighted by molar-refractivity contribution is 5.41. The number of likely N-dealkylation sites (tertiary alicyclic amines) is 1. The summed E-state index contributed by atoms with van der Waals surface area (Å²) in [7, 11) is 3.97. The second-order valence-electron chi connectivity index (χ2n) is 6.25. The van der Waals surface area contributed by atoms with Crippen LogP contribution in [0.5, 0.6) is 5.75 Å². The molecule has 1 aromatic carbocycles. The number of quaternary nitrogens is 1. The number of methoxy groups -OCH3 is 1. The van der Waals surface area contributed by atoms with Gasteiger partial charge < -0.3 is 9.64 Å². The van der Waals surface area contributed by atoms with Gasteiger partial charge >= 0.3 is 0 Å². The zero-order valence-electron chi connectivity index (χ0n) is 12.9. The number of para-hydroxylation sites is 1. The molecule has 0 bridgehead atoms. The third-order valence-electron chi connectivity index (χ3n) is 5.12. The van der Waals surface area contributed by atoms with Crippen LogP contribution in [0.4, 0.5) is 0 Å². The molecule has 1 unspecified atom stereocenters. The zero-order chi connectivity index (χ0) is 14.8. The van der Waals surface area contributed by atoms with Gasteiger partial charge in [0.05, 0.1) is 32.8 Å². The highest BCUT2D eigenvalue weighted by Crippen LogP contribution is 2.44. The summed E-state index contributed by atoms with van der Waals surface area (Å²) in [5, 5.41) is 9.38. The van der Waals surface area contributed by atoms with E-state index >= 15 is 0 Å². The van der Waals surface area contributed by atoms with Gasteiger partial charge in [-0.25, -0.2) is 0 Å². The van der Waals surface area contributed by atoms with Crippen LogP contribution < -0.4 is 9.64 Å². The molecule has 4 atom stereocenters. The number of benzene rings is 1. The van der Waals surface area contributed by atoms with E-state index in [0.717, 1.165) is 18.7 Å². The topological polar surface area (TPSA) is 37.5 Å². The van der Waals surface area contributed by atoms with E-state index in [0.29, 0.717) is 18.4 Å². The molecule has 1 aliphatic rings. The van der Waals surface area contributed by atoms with E-state index in [-0.39, 0.29) is 5.41 Å². The normalized spacial score (nSPS) is 33.5. The van der Waals surface area contributed by atoms with Crippen molar-refractivity contribution < 1.29 is 9.64 Å². The van der Waals surface area contributed by atoms with Gasteiger partial charge in [0, 0.05) is 29.7 Å². The molecule has 0 radical (unpaired) electrons. The molecule has 3 nitrogen and oxygen atoms in total. The number of piperidine rings is 1. The van der Waals surface area contributed by atoms with Crippen molar-refractivity contribution >= 4 is 0 Å². The lowest BCUT2D eigenvalue weighted by Gasteiger charge is -2.46. The van der Waals surface area contributed by atoms with Crippen LogP contribution in [0.1, 0.15) is 32.3 Å². The van der Waals surface area contributed by atoms with E-state index in [1.165, 1.54) is 5.56 Å². The first-order valence-corrected chi connectivity index (χ1v) is 7.38. The maximum Gasteiger partial charge on any atom is 0.122 e. The molecule has 1 N–H and O–H groups in total. The molecule has 0 spiro atoms. The van der Waals surface area contributed by atoms with Crippen LogP contribution in [0.15, 0.2) is 24.3 Å². The minimum absolute atomic E-state index is 0.0831. The van der Waals surface area contributed by atoms with E-state index in [1.807, 2.05) is 12.1 Å². The first-order chi connectivity index (χ1) is 9.55. The molecule has 0 aromatic heterocycles. The Morgan fingerprint density at radius 3 is 2.75 bits per heavy atom. The van der Waals surface area contributed by atoms with Gasteiger partial charge in [-0.2, -0.15) is 5.26 Å². The van der Waals surface area contributed by atoms with Gasteiger partial charge in [-0.15, -0.1) is 0 Å². The van der Waals surface area contributed by atoms with Crippen LogP contribution in [-0.4, -0.2) is 26.7 Å². The molecule has 1 aromatic rings. The Hall–Kier alpha value is -1.53. The molecule has 1 fully saturated rings. The van der Waals surface area contributed by atoms with Crippen LogP contribution in [0.3, 0.4) is 0 Å². The molecule has 0 amide bonds. The Bertz CT molecular complexity index is 508. The quantitative estimate of drug-likeness (QED) is 0.911. The maximum atomic E-state index is 9.38. The molecular formula is C17H25N2O+. The minimum Gasteiger partial charge on any atom is -0.496 e. The van der Waals surface area contributed by atoms with Crippen molar-refractivity contribution in [2.24, 2.45) is 5.92 Å². The summed E-state index contributed by atoms with van der Waals surface area (Å²) in [4.78, 5) is 1.56. The highest BCUT2D eigenvalue weighted by atomic mass is 16.5. The van der Waals surface area contributed by atoms with Gasteiger partial charge in [0.25, 0.3) is 0 Å². The average Bonchev–Trinajstić information content (AvgIpc) is 2.45. The Morgan fingerprint density at radius 1 is 1.40 bits per heavy atom. The van der Waals surface area contributed by atoms with E-state index in [2.05, 4.69) is 39.1 Å². The maximum absolute atomic E-state index is 9.38. The third-order valence-corrected chi connectivity index (χ3v) is 5.12. The number of ether oxygens (including phenoxy) is 1.